The molecular weight excluding hydrogens is 315 g/mol. The Bertz CT molecular complexity index is 748. The largest absolute Gasteiger partial charge is 0.476 e. The molecule has 2 N–H and O–H groups in total. The van der Waals surface area contributed by atoms with Gasteiger partial charge in [0.05, 0.1) is 12.7 Å². The van der Waals surface area contributed by atoms with Crippen LogP contribution in [0.3, 0.4) is 0 Å². The normalized spacial score (nSPS) is 11.2. The Hall–Kier alpha value is -2.84. The summed E-state index contributed by atoms with van der Waals surface area (Å²) in [6, 6.07) is 4.26. The number of anilines is 2. The lowest BCUT2D eigenvalue weighted by Crippen LogP contribution is -2.10. The molecule has 0 spiro atoms. The molecule has 0 unspecified atom stereocenters. The molecular formula is C14H12F3N3O3. The standard InChI is InChI=1S/C14H12F3N3O3/c1-7-10(12(21)22)19-13(23-2)20-11(7)18-9-5-3-4-8(6-9)14(15,16)17/h3-6H,1-2H3,(H,21,22)(H,18,19,20). The number of carboxylic acids is 1. The van der Waals surface area contributed by atoms with E-state index in [0.29, 0.717) is 0 Å². The number of rotatable bonds is 4. The first-order chi connectivity index (χ1) is 10.7. The van der Waals surface area contributed by atoms with Gasteiger partial charge in [-0.25, -0.2) is 4.79 Å². The van der Waals surface area contributed by atoms with E-state index in [9.17, 15) is 18.0 Å². The molecule has 9 heteroatoms. The zero-order valence-electron chi connectivity index (χ0n) is 12.1. The molecule has 6 nitrogen and oxygen atoms in total. The van der Waals surface area contributed by atoms with Crippen molar-refractivity contribution in [3.8, 4) is 6.01 Å². The van der Waals surface area contributed by atoms with E-state index in [1.54, 1.807) is 0 Å². The molecule has 0 aliphatic heterocycles. The van der Waals surface area contributed by atoms with Crippen LogP contribution in [0.1, 0.15) is 21.6 Å². The molecule has 1 aromatic heterocycles. The maximum absolute atomic E-state index is 12.7. The summed E-state index contributed by atoms with van der Waals surface area (Å²) in [6.07, 6.45) is -4.48. The lowest BCUT2D eigenvalue weighted by Gasteiger charge is -2.13. The van der Waals surface area contributed by atoms with Gasteiger partial charge in [-0.2, -0.15) is 23.1 Å². The molecule has 0 saturated carbocycles. The molecule has 0 radical (unpaired) electrons. The highest BCUT2D eigenvalue weighted by molar-refractivity contribution is 5.89. The van der Waals surface area contributed by atoms with Crippen molar-refractivity contribution in [1.82, 2.24) is 9.97 Å². The molecule has 2 rings (SSSR count). The highest BCUT2D eigenvalue weighted by Crippen LogP contribution is 2.32. The van der Waals surface area contributed by atoms with Crippen molar-refractivity contribution < 1.29 is 27.8 Å². The Balaban J connectivity index is 2.44. The molecule has 1 heterocycles. The zero-order chi connectivity index (χ0) is 17.2. The van der Waals surface area contributed by atoms with E-state index in [4.69, 9.17) is 9.84 Å². The third-order valence-corrected chi connectivity index (χ3v) is 2.96. The van der Waals surface area contributed by atoms with Crippen LogP contribution in [0.25, 0.3) is 0 Å². The second-order valence-corrected chi connectivity index (χ2v) is 4.54. The number of nitrogens with one attached hydrogen (secondary N) is 1. The van der Waals surface area contributed by atoms with Gasteiger partial charge in [-0.1, -0.05) is 6.07 Å². The maximum atomic E-state index is 12.7. The van der Waals surface area contributed by atoms with Crippen LogP contribution in [0.4, 0.5) is 24.7 Å². The summed E-state index contributed by atoms with van der Waals surface area (Å²) >= 11 is 0. The third kappa shape index (κ3) is 3.68. The first-order valence-corrected chi connectivity index (χ1v) is 6.32. The van der Waals surface area contributed by atoms with Crippen molar-refractivity contribution in [3.63, 3.8) is 0 Å². The van der Waals surface area contributed by atoms with E-state index in [1.807, 2.05) is 0 Å². The SMILES string of the molecule is COc1nc(Nc2cccc(C(F)(F)F)c2)c(C)c(C(=O)O)n1. The fraction of sp³-hybridized carbons (Fsp3) is 0.214. The number of hydrogen-bond acceptors (Lipinski definition) is 5. The molecule has 0 bridgehead atoms. The van der Waals surface area contributed by atoms with E-state index in [-0.39, 0.29) is 28.8 Å². The summed E-state index contributed by atoms with van der Waals surface area (Å²) in [5.74, 6) is -1.25. The van der Waals surface area contributed by atoms with E-state index >= 15 is 0 Å². The smallest absolute Gasteiger partial charge is 0.416 e. The van der Waals surface area contributed by atoms with Gasteiger partial charge in [0, 0.05) is 11.3 Å². The van der Waals surface area contributed by atoms with Crippen LogP contribution in [0.2, 0.25) is 0 Å². The van der Waals surface area contributed by atoms with Gasteiger partial charge in [0.2, 0.25) is 0 Å². The minimum atomic E-state index is -4.48. The van der Waals surface area contributed by atoms with Crippen molar-refractivity contribution in [2.24, 2.45) is 0 Å². The zero-order valence-corrected chi connectivity index (χ0v) is 12.1. The Kier molecular flexibility index (Phi) is 4.39. The summed E-state index contributed by atoms with van der Waals surface area (Å²) in [5, 5.41) is 11.8. The summed E-state index contributed by atoms with van der Waals surface area (Å²) in [7, 11) is 1.25. The summed E-state index contributed by atoms with van der Waals surface area (Å²) in [6.45, 7) is 1.44. The second kappa shape index (κ2) is 6.11. The number of benzene rings is 1. The van der Waals surface area contributed by atoms with Crippen LogP contribution in [0, 0.1) is 6.92 Å². The number of nitrogens with zero attached hydrogens (tertiary/aromatic N) is 2. The molecule has 122 valence electrons. The highest BCUT2D eigenvalue weighted by atomic mass is 19.4. The van der Waals surface area contributed by atoms with Crippen molar-refractivity contribution in [2.75, 3.05) is 12.4 Å². The van der Waals surface area contributed by atoms with Crippen LogP contribution in [-0.4, -0.2) is 28.2 Å². The number of aromatic nitrogens is 2. The quantitative estimate of drug-likeness (QED) is 0.897. The van der Waals surface area contributed by atoms with Gasteiger partial charge in [-0.3, -0.25) is 0 Å². The molecule has 1 aromatic carbocycles. The second-order valence-electron chi connectivity index (χ2n) is 4.54. The first-order valence-electron chi connectivity index (χ1n) is 6.32. The lowest BCUT2D eigenvalue weighted by molar-refractivity contribution is -0.137. The van der Waals surface area contributed by atoms with Crippen LogP contribution < -0.4 is 10.1 Å². The van der Waals surface area contributed by atoms with Crippen molar-refractivity contribution in [1.29, 1.82) is 0 Å². The monoisotopic (exact) mass is 327 g/mol. The van der Waals surface area contributed by atoms with Gasteiger partial charge < -0.3 is 15.2 Å². The highest BCUT2D eigenvalue weighted by Gasteiger charge is 2.30. The van der Waals surface area contributed by atoms with Gasteiger partial charge in [0.25, 0.3) is 0 Å². The van der Waals surface area contributed by atoms with Gasteiger partial charge >= 0.3 is 18.2 Å². The molecule has 23 heavy (non-hydrogen) atoms. The lowest BCUT2D eigenvalue weighted by atomic mass is 10.2. The molecule has 0 atom stereocenters. The average molecular weight is 327 g/mol. The van der Waals surface area contributed by atoms with Gasteiger partial charge in [0.1, 0.15) is 5.82 Å². The molecule has 2 aromatic rings. The molecule has 0 aliphatic rings. The van der Waals surface area contributed by atoms with Crippen molar-refractivity contribution in [2.45, 2.75) is 13.1 Å². The Labute approximate surface area is 129 Å². The number of hydrogen-bond donors (Lipinski definition) is 2. The minimum Gasteiger partial charge on any atom is -0.476 e. The number of aromatic carboxylic acids is 1. The number of methoxy groups -OCH3 is 1. The number of ether oxygens (including phenoxy) is 1. The van der Waals surface area contributed by atoms with Gasteiger partial charge in [-0.15, -0.1) is 0 Å². The number of halogens is 3. The molecule has 0 fully saturated rings. The summed E-state index contributed by atoms with van der Waals surface area (Å²) < 4.78 is 43.0. The van der Waals surface area contributed by atoms with Crippen molar-refractivity contribution >= 4 is 17.5 Å². The fourth-order valence-electron chi connectivity index (χ4n) is 1.83. The Morgan fingerprint density at radius 1 is 1.30 bits per heavy atom. The number of carbonyl (C=O) groups is 1. The summed E-state index contributed by atoms with van der Waals surface area (Å²) in [4.78, 5) is 18.8. The minimum absolute atomic E-state index is 0.0496. The maximum Gasteiger partial charge on any atom is 0.416 e. The van der Waals surface area contributed by atoms with E-state index in [2.05, 4.69) is 15.3 Å². The first kappa shape index (κ1) is 16.5. The van der Waals surface area contributed by atoms with Crippen LogP contribution in [0.5, 0.6) is 6.01 Å². The molecule has 0 aliphatic carbocycles. The molecule has 0 amide bonds. The van der Waals surface area contributed by atoms with E-state index in [0.717, 1.165) is 12.1 Å². The predicted molar refractivity (Wildman–Crippen MR) is 75.0 cm³/mol. The fourth-order valence-corrected chi connectivity index (χ4v) is 1.83. The van der Waals surface area contributed by atoms with Crippen molar-refractivity contribution in [3.05, 3.63) is 41.1 Å². The number of alkyl halides is 3. The van der Waals surface area contributed by atoms with Gasteiger partial charge in [0.15, 0.2) is 5.69 Å². The van der Waals surface area contributed by atoms with Crippen LogP contribution >= 0.6 is 0 Å². The number of carboxylic acid groups (broad SMARTS) is 1. The Morgan fingerprint density at radius 2 is 2.00 bits per heavy atom. The average Bonchev–Trinajstić information content (AvgIpc) is 2.48. The van der Waals surface area contributed by atoms with E-state index in [1.165, 1.54) is 26.2 Å². The Morgan fingerprint density at radius 3 is 2.57 bits per heavy atom. The summed E-state index contributed by atoms with van der Waals surface area (Å²) in [5.41, 5.74) is -0.846. The van der Waals surface area contributed by atoms with Crippen LogP contribution in [0.15, 0.2) is 24.3 Å². The van der Waals surface area contributed by atoms with E-state index < -0.39 is 17.7 Å². The predicted octanol–water partition coefficient (Wildman–Crippen LogP) is 3.25. The van der Waals surface area contributed by atoms with Crippen LogP contribution in [-0.2, 0) is 6.18 Å². The topological polar surface area (TPSA) is 84.3 Å². The van der Waals surface area contributed by atoms with Gasteiger partial charge in [-0.05, 0) is 25.1 Å². The molecule has 0 saturated heterocycles. The third-order valence-electron chi connectivity index (χ3n) is 2.96.